The molecule has 5 rings (SSSR count). The van der Waals surface area contributed by atoms with E-state index in [-0.39, 0.29) is 17.8 Å². The number of thiazole rings is 1. The topological polar surface area (TPSA) is 79.1 Å². The molecule has 3 aromatic carbocycles. The summed E-state index contributed by atoms with van der Waals surface area (Å²) in [5.41, 5.74) is 1.97. The quantitative estimate of drug-likeness (QED) is 0.237. The van der Waals surface area contributed by atoms with E-state index < -0.39 is 12.0 Å². The van der Waals surface area contributed by atoms with Crippen molar-refractivity contribution in [1.29, 1.82) is 0 Å². The van der Waals surface area contributed by atoms with E-state index >= 15 is 0 Å². The molecule has 4 aromatic rings. The van der Waals surface area contributed by atoms with E-state index in [0.29, 0.717) is 37.7 Å². The fraction of sp³-hybridized carbons (Fsp3) is 0.281. The van der Waals surface area contributed by atoms with Gasteiger partial charge in [-0.3, -0.25) is 9.36 Å². The number of halogens is 1. The molecule has 9 heteroatoms. The third-order valence-corrected chi connectivity index (χ3v) is 8.12. The van der Waals surface area contributed by atoms with Gasteiger partial charge in [-0.25, -0.2) is 9.79 Å². The van der Waals surface area contributed by atoms with Crippen LogP contribution in [-0.4, -0.2) is 29.9 Å². The first-order valence-corrected chi connectivity index (χ1v) is 14.9. The van der Waals surface area contributed by atoms with Gasteiger partial charge < -0.3 is 14.2 Å². The maximum Gasteiger partial charge on any atom is 0.338 e. The number of carbonyl (C=O) groups excluding carboxylic acids is 1. The lowest BCUT2D eigenvalue weighted by Gasteiger charge is -2.26. The molecule has 41 heavy (non-hydrogen) atoms. The van der Waals surface area contributed by atoms with Crippen LogP contribution in [0.1, 0.15) is 51.8 Å². The highest BCUT2D eigenvalue weighted by Gasteiger charge is 2.35. The zero-order valence-corrected chi connectivity index (χ0v) is 26.1. The number of carbonyl (C=O) groups is 1. The third kappa shape index (κ3) is 5.61. The summed E-state index contributed by atoms with van der Waals surface area (Å²) < 4.78 is 20.3. The molecular formula is C32H31BrN2O5S. The van der Waals surface area contributed by atoms with Gasteiger partial charge in [0.25, 0.3) is 5.56 Å². The molecule has 0 amide bonds. The monoisotopic (exact) mass is 634 g/mol. The number of ether oxygens (including phenoxy) is 3. The van der Waals surface area contributed by atoms with Crippen molar-refractivity contribution in [2.75, 3.05) is 7.11 Å². The van der Waals surface area contributed by atoms with Crippen LogP contribution in [0.15, 0.2) is 80.1 Å². The predicted octanol–water partition coefficient (Wildman–Crippen LogP) is 5.90. The second-order valence-electron chi connectivity index (χ2n) is 10.3. The highest BCUT2D eigenvalue weighted by atomic mass is 79.9. The Bertz CT molecular complexity index is 1870. The lowest BCUT2D eigenvalue weighted by Crippen LogP contribution is -2.40. The maximum absolute atomic E-state index is 14.3. The van der Waals surface area contributed by atoms with Crippen LogP contribution in [0.5, 0.6) is 11.5 Å². The molecule has 0 fully saturated rings. The number of esters is 1. The van der Waals surface area contributed by atoms with Crippen LogP contribution in [0.2, 0.25) is 0 Å². The van der Waals surface area contributed by atoms with Gasteiger partial charge in [0.15, 0.2) is 4.80 Å². The van der Waals surface area contributed by atoms with E-state index in [4.69, 9.17) is 19.2 Å². The SMILES string of the molecule is COc1ccc(Br)cc1[C@H]1C(C(=O)OC(C)C)=C(C)N=c2s/c(=C\c3c(OC(C)C)ccc4ccccc34)c(=O)n21. The Morgan fingerprint density at radius 3 is 2.49 bits per heavy atom. The molecule has 1 aliphatic rings. The van der Waals surface area contributed by atoms with Crippen molar-refractivity contribution in [1.82, 2.24) is 4.57 Å². The van der Waals surface area contributed by atoms with E-state index in [9.17, 15) is 9.59 Å². The minimum atomic E-state index is -0.800. The number of nitrogens with zero attached hydrogens (tertiary/aromatic N) is 2. The van der Waals surface area contributed by atoms with Gasteiger partial charge in [0.1, 0.15) is 17.5 Å². The standard InChI is InChI=1S/C32H31BrN2O5S/c1-17(2)39-26-13-11-20-9-7-8-10-22(20)23(26)16-27-30(36)35-29(24-15-21(33)12-14-25(24)38-6)28(31(37)40-18(3)4)19(5)34-32(35)41-27/h7-18,29H,1-6H3/b27-16-/t29-/m0/s1. The molecule has 1 aliphatic heterocycles. The zero-order valence-electron chi connectivity index (χ0n) is 23.7. The van der Waals surface area contributed by atoms with Gasteiger partial charge in [-0.2, -0.15) is 0 Å². The van der Waals surface area contributed by atoms with Crippen LogP contribution in [0.4, 0.5) is 0 Å². The van der Waals surface area contributed by atoms with Crippen LogP contribution in [0.25, 0.3) is 16.8 Å². The van der Waals surface area contributed by atoms with Gasteiger partial charge in [0.05, 0.1) is 35.1 Å². The van der Waals surface area contributed by atoms with Crippen molar-refractivity contribution < 1.29 is 19.0 Å². The second-order valence-corrected chi connectivity index (χ2v) is 12.2. The van der Waals surface area contributed by atoms with Gasteiger partial charge >= 0.3 is 5.97 Å². The lowest BCUT2D eigenvalue weighted by atomic mass is 9.95. The Morgan fingerprint density at radius 1 is 1.05 bits per heavy atom. The summed E-state index contributed by atoms with van der Waals surface area (Å²) in [6, 6.07) is 16.7. The number of methoxy groups -OCH3 is 1. The number of rotatable bonds is 7. The molecule has 0 N–H and O–H groups in total. The first-order chi connectivity index (χ1) is 19.6. The predicted molar refractivity (Wildman–Crippen MR) is 165 cm³/mol. The molecule has 0 aliphatic carbocycles. The number of fused-ring (bicyclic) bond motifs is 2. The molecule has 0 saturated heterocycles. The van der Waals surface area contributed by atoms with Crippen LogP contribution in [0.3, 0.4) is 0 Å². The Kier molecular flexibility index (Phi) is 8.20. The minimum Gasteiger partial charge on any atom is -0.496 e. The molecule has 0 spiro atoms. The van der Waals surface area contributed by atoms with Crippen LogP contribution in [0, 0.1) is 0 Å². The van der Waals surface area contributed by atoms with Crippen molar-refractivity contribution in [3.63, 3.8) is 0 Å². The van der Waals surface area contributed by atoms with E-state index in [1.165, 1.54) is 11.3 Å². The molecule has 1 atom stereocenters. The van der Waals surface area contributed by atoms with Crippen LogP contribution in [-0.2, 0) is 9.53 Å². The van der Waals surface area contributed by atoms with Crippen molar-refractivity contribution >= 4 is 50.1 Å². The Balaban J connectivity index is 1.81. The summed E-state index contributed by atoms with van der Waals surface area (Å²) in [7, 11) is 1.57. The molecule has 212 valence electrons. The first kappa shape index (κ1) is 28.8. The first-order valence-electron chi connectivity index (χ1n) is 13.3. The molecule has 0 saturated carbocycles. The average Bonchev–Trinajstić information content (AvgIpc) is 3.22. The summed E-state index contributed by atoms with van der Waals surface area (Å²) in [5.74, 6) is 0.704. The van der Waals surface area contributed by atoms with E-state index in [0.717, 1.165) is 20.8 Å². The van der Waals surface area contributed by atoms with Crippen LogP contribution < -0.4 is 24.4 Å². The number of benzene rings is 3. The molecule has 0 unspecified atom stereocenters. The number of hydrogen-bond acceptors (Lipinski definition) is 7. The molecular weight excluding hydrogens is 604 g/mol. The fourth-order valence-corrected chi connectivity index (χ4v) is 6.39. The smallest absolute Gasteiger partial charge is 0.338 e. The maximum atomic E-state index is 14.3. The lowest BCUT2D eigenvalue weighted by molar-refractivity contribution is -0.143. The molecule has 7 nitrogen and oxygen atoms in total. The van der Waals surface area contributed by atoms with Crippen molar-refractivity contribution in [3.8, 4) is 11.5 Å². The van der Waals surface area contributed by atoms with Crippen molar-refractivity contribution in [3.05, 3.63) is 101 Å². The molecule has 2 heterocycles. The van der Waals surface area contributed by atoms with Gasteiger partial charge in [0, 0.05) is 15.6 Å². The van der Waals surface area contributed by atoms with Gasteiger partial charge in [-0.1, -0.05) is 57.6 Å². The van der Waals surface area contributed by atoms with Crippen molar-refractivity contribution in [2.24, 2.45) is 4.99 Å². The molecule has 1 aromatic heterocycles. The summed E-state index contributed by atoms with van der Waals surface area (Å²) in [6.45, 7) is 9.29. The molecule has 0 radical (unpaired) electrons. The third-order valence-electron chi connectivity index (χ3n) is 6.64. The van der Waals surface area contributed by atoms with Crippen LogP contribution >= 0.6 is 27.3 Å². The van der Waals surface area contributed by atoms with E-state index in [1.54, 1.807) is 32.4 Å². The zero-order chi connectivity index (χ0) is 29.4. The number of hydrogen-bond donors (Lipinski definition) is 0. The van der Waals surface area contributed by atoms with E-state index in [2.05, 4.69) is 15.9 Å². The van der Waals surface area contributed by atoms with Gasteiger partial charge in [0.2, 0.25) is 0 Å². The van der Waals surface area contributed by atoms with Gasteiger partial charge in [-0.05, 0) is 75.7 Å². The number of allylic oxidation sites excluding steroid dienone is 1. The number of aromatic nitrogens is 1. The largest absolute Gasteiger partial charge is 0.496 e. The minimum absolute atomic E-state index is 0.0503. The highest BCUT2D eigenvalue weighted by molar-refractivity contribution is 9.10. The highest BCUT2D eigenvalue weighted by Crippen LogP contribution is 2.37. The summed E-state index contributed by atoms with van der Waals surface area (Å²) in [5, 5.41) is 2.01. The van der Waals surface area contributed by atoms with Crippen molar-refractivity contribution in [2.45, 2.75) is 52.9 Å². The Hall–Kier alpha value is -3.69. The Morgan fingerprint density at radius 2 is 1.78 bits per heavy atom. The van der Waals surface area contributed by atoms with Gasteiger partial charge in [-0.15, -0.1) is 0 Å². The average molecular weight is 636 g/mol. The summed E-state index contributed by atoms with van der Waals surface area (Å²) in [4.78, 5) is 32.9. The van der Waals surface area contributed by atoms with E-state index in [1.807, 2.05) is 74.5 Å². The normalized spacial score (nSPS) is 15.3. The fourth-order valence-electron chi connectivity index (χ4n) is 4.99. The second kappa shape index (κ2) is 11.7. The molecule has 0 bridgehead atoms. The summed E-state index contributed by atoms with van der Waals surface area (Å²) >= 11 is 4.82. The summed E-state index contributed by atoms with van der Waals surface area (Å²) in [6.07, 6.45) is 1.47. The Labute approximate surface area is 250 Å².